The highest BCUT2D eigenvalue weighted by Gasteiger charge is 2.44. The van der Waals surface area contributed by atoms with E-state index in [1.165, 1.54) is 30.5 Å². The first-order valence-corrected chi connectivity index (χ1v) is 10.7. The predicted octanol–water partition coefficient (Wildman–Crippen LogP) is 2.87. The maximum absolute atomic E-state index is 15.2. The Balaban J connectivity index is 2.32. The van der Waals surface area contributed by atoms with Crippen LogP contribution in [0.2, 0.25) is 0 Å². The minimum atomic E-state index is -4.25. The molecule has 140 valence electrons. The van der Waals surface area contributed by atoms with E-state index in [2.05, 4.69) is 4.72 Å². The summed E-state index contributed by atoms with van der Waals surface area (Å²) in [5, 5.41) is 0. The molecule has 0 bridgehead atoms. The third-order valence-corrected chi connectivity index (χ3v) is 7.23. The van der Waals surface area contributed by atoms with E-state index in [1.54, 1.807) is 32.9 Å². The van der Waals surface area contributed by atoms with E-state index in [0.717, 1.165) is 0 Å². The van der Waals surface area contributed by atoms with E-state index in [-0.39, 0.29) is 4.90 Å². The van der Waals surface area contributed by atoms with Crippen molar-refractivity contribution in [2.24, 2.45) is 0 Å². The maximum atomic E-state index is 15.2. The van der Waals surface area contributed by atoms with Gasteiger partial charge < -0.3 is 9.29 Å². The number of allylic oxidation sites excluding steroid dienone is 1. The smallest absolute Gasteiger partial charge is 0.228 e. The number of alkyl halides is 1. The molecule has 0 aliphatic carbocycles. The third-order valence-electron chi connectivity index (χ3n) is 3.82. The molecule has 0 radical (unpaired) electrons. The number of halogens is 1. The van der Waals surface area contributed by atoms with Gasteiger partial charge in [-0.05, 0) is 51.8 Å². The van der Waals surface area contributed by atoms with Gasteiger partial charge in [0.05, 0.1) is 11.2 Å². The number of benzene rings is 1. The molecule has 8 heteroatoms. The molecule has 5 nitrogen and oxygen atoms in total. The second kappa shape index (κ2) is 8.07. The van der Waals surface area contributed by atoms with Crippen molar-refractivity contribution >= 4 is 21.2 Å². The van der Waals surface area contributed by atoms with Gasteiger partial charge in [0.15, 0.2) is 0 Å². The summed E-state index contributed by atoms with van der Waals surface area (Å²) in [7, 11) is -4.25. The van der Waals surface area contributed by atoms with Gasteiger partial charge in [-0.15, -0.1) is 4.72 Å². The van der Waals surface area contributed by atoms with Crippen molar-refractivity contribution in [3.8, 4) is 0 Å². The van der Waals surface area contributed by atoms with Crippen molar-refractivity contribution in [2.45, 2.75) is 60.9 Å². The van der Waals surface area contributed by atoms with Gasteiger partial charge in [-0.2, -0.15) is 0 Å². The molecule has 2 rings (SSSR count). The zero-order valence-corrected chi connectivity index (χ0v) is 16.1. The molecule has 0 saturated carbocycles. The summed E-state index contributed by atoms with van der Waals surface area (Å²) in [6.07, 6.45) is 3.59. The minimum Gasteiger partial charge on any atom is -0.598 e. The number of hydrogen-bond acceptors (Lipinski definition) is 5. The maximum Gasteiger partial charge on any atom is 0.228 e. The molecule has 1 aromatic rings. The van der Waals surface area contributed by atoms with Gasteiger partial charge in [-0.1, -0.05) is 18.2 Å². The van der Waals surface area contributed by atoms with Gasteiger partial charge in [-0.3, -0.25) is 0 Å². The summed E-state index contributed by atoms with van der Waals surface area (Å²) in [4.78, 5) is -0.109. The Morgan fingerprint density at radius 3 is 2.48 bits per heavy atom. The molecule has 0 fully saturated rings. The summed E-state index contributed by atoms with van der Waals surface area (Å²) in [5.74, 6) is 0. The second-order valence-corrected chi connectivity index (χ2v) is 10.9. The van der Waals surface area contributed by atoms with Crippen molar-refractivity contribution < 1.29 is 22.1 Å². The quantitative estimate of drug-likeness (QED) is 0.757. The lowest BCUT2D eigenvalue weighted by Gasteiger charge is -2.33. The third kappa shape index (κ3) is 4.97. The fraction of sp³-hybridized carbons (Fsp3) is 0.529. The van der Waals surface area contributed by atoms with E-state index >= 15 is 4.39 Å². The van der Waals surface area contributed by atoms with E-state index in [9.17, 15) is 13.0 Å². The number of nitrogens with one attached hydrogen (secondary N) is 1. The fourth-order valence-electron chi connectivity index (χ4n) is 2.35. The standard InChI is InChI=1S/C17H24FNO4S2/c1-17(2,3)24(20)19-15(14-11-7-8-12-23-14)16(18)25(21,22)13-9-5-4-6-10-13/h4-6,8-10,12,14-16,19H,7,11H2,1-3H3/t14?,15-,16+,24+/m0/s1. The van der Waals surface area contributed by atoms with Gasteiger partial charge in [0.25, 0.3) is 0 Å². The molecule has 1 heterocycles. The van der Waals surface area contributed by atoms with Gasteiger partial charge in [0, 0.05) is 11.4 Å². The lowest BCUT2D eigenvalue weighted by molar-refractivity contribution is 0.0758. The summed E-state index contributed by atoms with van der Waals surface area (Å²) in [5.41, 5.74) is -2.28. The average molecular weight is 390 g/mol. The first-order valence-electron chi connectivity index (χ1n) is 8.05. The molecule has 1 aliphatic heterocycles. The van der Waals surface area contributed by atoms with Crippen LogP contribution in [0.15, 0.2) is 47.6 Å². The van der Waals surface area contributed by atoms with Crippen LogP contribution in [0.3, 0.4) is 0 Å². The van der Waals surface area contributed by atoms with E-state index in [0.29, 0.717) is 12.8 Å². The van der Waals surface area contributed by atoms with Crippen LogP contribution in [0.1, 0.15) is 33.6 Å². The average Bonchev–Trinajstić information content (AvgIpc) is 2.59. The first kappa shape index (κ1) is 20.2. The molecule has 0 spiro atoms. The van der Waals surface area contributed by atoms with Crippen molar-refractivity contribution in [1.82, 2.24) is 4.72 Å². The van der Waals surface area contributed by atoms with Gasteiger partial charge in [-0.25, -0.2) is 12.8 Å². The van der Waals surface area contributed by atoms with Crippen LogP contribution < -0.4 is 4.72 Å². The van der Waals surface area contributed by atoms with E-state index < -0.39 is 43.6 Å². The Morgan fingerprint density at radius 1 is 1.32 bits per heavy atom. The van der Waals surface area contributed by atoms with Crippen LogP contribution in [0.25, 0.3) is 0 Å². The Kier molecular flexibility index (Phi) is 6.53. The summed E-state index contributed by atoms with van der Waals surface area (Å²) >= 11 is -1.64. The molecule has 25 heavy (non-hydrogen) atoms. The molecular weight excluding hydrogens is 365 g/mol. The van der Waals surface area contributed by atoms with Crippen molar-refractivity contribution in [3.63, 3.8) is 0 Å². The molecular formula is C17H24FNO4S2. The van der Waals surface area contributed by atoms with Crippen molar-refractivity contribution in [1.29, 1.82) is 0 Å². The second-order valence-electron chi connectivity index (χ2n) is 6.86. The molecule has 1 unspecified atom stereocenters. The SMILES string of the molecule is CC(C)(C)[S@@+]([O-])N[C@@H](C1CCC=CO1)[C@H](F)S(=O)(=O)c1ccccc1. The molecule has 4 atom stereocenters. The summed E-state index contributed by atoms with van der Waals surface area (Å²) < 4.78 is 60.4. The van der Waals surface area contributed by atoms with Crippen LogP contribution >= 0.6 is 0 Å². The van der Waals surface area contributed by atoms with Gasteiger partial charge in [0.1, 0.15) is 16.9 Å². The van der Waals surface area contributed by atoms with Crippen LogP contribution in [0.4, 0.5) is 4.39 Å². The number of sulfone groups is 1. The lowest BCUT2D eigenvalue weighted by atomic mass is 10.1. The normalized spacial score (nSPS) is 22.0. The Bertz CT molecular complexity index is 688. The number of ether oxygens (including phenoxy) is 1. The number of rotatable bonds is 6. The van der Waals surface area contributed by atoms with E-state index in [4.69, 9.17) is 4.74 Å². The van der Waals surface area contributed by atoms with Crippen LogP contribution in [-0.2, 0) is 25.9 Å². The predicted molar refractivity (Wildman–Crippen MR) is 96.6 cm³/mol. The van der Waals surface area contributed by atoms with Gasteiger partial charge in [0.2, 0.25) is 15.3 Å². The van der Waals surface area contributed by atoms with Crippen LogP contribution in [0, 0.1) is 0 Å². The van der Waals surface area contributed by atoms with Crippen molar-refractivity contribution in [3.05, 3.63) is 42.7 Å². The summed E-state index contributed by atoms with van der Waals surface area (Å²) in [6.45, 7) is 5.19. The Hall–Kier alpha value is -1.09. The monoisotopic (exact) mass is 389 g/mol. The highest BCUT2D eigenvalue weighted by Crippen LogP contribution is 2.27. The van der Waals surface area contributed by atoms with Gasteiger partial charge >= 0.3 is 0 Å². The zero-order chi connectivity index (χ0) is 18.7. The highest BCUT2D eigenvalue weighted by atomic mass is 32.2. The molecule has 0 amide bonds. The topological polar surface area (TPSA) is 78.5 Å². The van der Waals surface area contributed by atoms with Crippen molar-refractivity contribution in [2.75, 3.05) is 0 Å². The molecule has 1 aliphatic rings. The van der Waals surface area contributed by atoms with Crippen LogP contribution in [-0.4, -0.2) is 35.4 Å². The Morgan fingerprint density at radius 2 is 1.96 bits per heavy atom. The molecule has 0 saturated heterocycles. The first-order chi connectivity index (χ1) is 11.6. The van der Waals surface area contributed by atoms with Crippen LogP contribution in [0.5, 0.6) is 0 Å². The highest BCUT2D eigenvalue weighted by molar-refractivity contribution is 7.92. The zero-order valence-electron chi connectivity index (χ0n) is 14.5. The number of hydrogen-bond donors (Lipinski definition) is 1. The largest absolute Gasteiger partial charge is 0.598 e. The lowest BCUT2D eigenvalue weighted by Crippen LogP contribution is -2.55. The van der Waals surface area contributed by atoms with E-state index in [1.807, 2.05) is 0 Å². The molecule has 0 aromatic heterocycles. The Labute approximate surface area is 151 Å². The molecule has 1 aromatic carbocycles. The summed E-state index contributed by atoms with van der Waals surface area (Å²) in [6, 6.07) is 6.19. The minimum absolute atomic E-state index is 0.109. The fourth-order valence-corrected chi connectivity index (χ4v) is 4.73. The molecule has 1 N–H and O–H groups in total.